The Labute approximate surface area is 240 Å². The third kappa shape index (κ3) is 6.99. The number of morpholine rings is 1. The second-order valence-corrected chi connectivity index (χ2v) is 13.1. The fourth-order valence-electron chi connectivity index (χ4n) is 4.27. The highest BCUT2D eigenvalue weighted by Crippen LogP contribution is 2.31. The Hall–Kier alpha value is -3.65. The van der Waals surface area contributed by atoms with E-state index in [1.165, 1.54) is 36.7 Å². The zero-order chi connectivity index (χ0) is 29.6. The summed E-state index contributed by atoms with van der Waals surface area (Å²) in [7, 11) is -4.98. The van der Waals surface area contributed by atoms with Gasteiger partial charge in [0.25, 0.3) is 10.0 Å². The summed E-state index contributed by atoms with van der Waals surface area (Å²) in [5.41, 5.74) is 1.63. The molecule has 0 aliphatic carbocycles. The molecule has 1 fully saturated rings. The predicted octanol–water partition coefficient (Wildman–Crippen LogP) is 2.54. The first-order valence-corrected chi connectivity index (χ1v) is 15.7. The number of anilines is 1. The quantitative estimate of drug-likeness (QED) is 0.354. The standard InChI is InChI=1S/C28H33N3O8S2/c1-21-4-13-26(38-3)27(18-21)41(35,36)31(23-7-9-24(37-2)10-8-23)20-28(32)29-19-22-5-11-25(12-6-22)40(33,34)30-14-16-39-17-15-30/h4-13,18H,14-17,19-20H2,1-3H3,(H,29,32). The largest absolute Gasteiger partial charge is 0.497 e. The Morgan fingerprint density at radius 1 is 0.927 bits per heavy atom. The lowest BCUT2D eigenvalue weighted by Crippen LogP contribution is -2.41. The molecule has 0 aromatic heterocycles. The number of amides is 1. The van der Waals surface area contributed by atoms with Crippen molar-refractivity contribution in [3.63, 3.8) is 0 Å². The van der Waals surface area contributed by atoms with Gasteiger partial charge in [0.1, 0.15) is 22.9 Å². The van der Waals surface area contributed by atoms with Crippen LogP contribution >= 0.6 is 0 Å². The van der Waals surface area contributed by atoms with Gasteiger partial charge in [0.15, 0.2) is 0 Å². The average molecular weight is 604 g/mol. The maximum atomic E-state index is 13.9. The van der Waals surface area contributed by atoms with Crippen molar-refractivity contribution in [3.8, 4) is 11.5 Å². The van der Waals surface area contributed by atoms with Crippen molar-refractivity contribution in [2.45, 2.75) is 23.3 Å². The molecule has 0 radical (unpaired) electrons. The Balaban J connectivity index is 1.52. The van der Waals surface area contributed by atoms with Crippen LogP contribution in [0.3, 0.4) is 0 Å². The summed E-state index contributed by atoms with van der Waals surface area (Å²) in [5.74, 6) is 0.130. The number of benzene rings is 3. The molecule has 1 N–H and O–H groups in total. The van der Waals surface area contributed by atoms with Gasteiger partial charge in [-0.15, -0.1) is 0 Å². The minimum atomic E-state index is -4.22. The number of ether oxygens (including phenoxy) is 3. The van der Waals surface area contributed by atoms with Crippen LogP contribution in [0.4, 0.5) is 5.69 Å². The minimum absolute atomic E-state index is 0.0688. The van der Waals surface area contributed by atoms with E-state index in [9.17, 15) is 21.6 Å². The van der Waals surface area contributed by atoms with Crippen LogP contribution in [0, 0.1) is 6.92 Å². The smallest absolute Gasteiger partial charge is 0.268 e. The molecule has 1 saturated heterocycles. The first-order chi connectivity index (χ1) is 19.6. The van der Waals surface area contributed by atoms with Gasteiger partial charge < -0.3 is 19.5 Å². The minimum Gasteiger partial charge on any atom is -0.497 e. The molecule has 0 atom stereocenters. The number of nitrogens with one attached hydrogen (secondary N) is 1. The molecule has 4 rings (SSSR count). The van der Waals surface area contributed by atoms with Gasteiger partial charge in [0.2, 0.25) is 15.9 Å². The Morgan fingerprint density at radius 2 is 1.59 bits per heavy atom. The molecule has 41 heavy (non-hydrogen) atoms. The maximum absolute atomic E-state index is 13.9. The molecule has 3 aromatic carbocycles. The van der Waals surface area contributed by atoms with Crippen molar-refractivity contribution < 1.29 is 35.8 Å². The topological polar surface area (TPSA) is 132 Å². The van der Waals surface area contributed by atoms with Crippen LogP contribution in [-0.4, -0.2) is 74.1 Å². The molecule has 0 saturated carbocycles. The molecule has 0 spiro atoms. The maximum Gasteiger partial charge on any atom is 0.268 e. The van der Waals surface area contributed by atoms with E-state index < -0.39 is 32.5 Å². The summed E-state index contributed by atoms with van der Waals surface area (Å²) in [6, 6.07) is 17.3. The number of carbonyl (C=O) groups excluding carboxylic acids is 1. The third-order valence-electron chi connectivity index (χ3n) is 6.56. The van der Waals surface area contributed by atoms with Crippen molar-refractivity contribution in [3.05, 3.63) is 77.9 Å². The van der Waals surface area contributed by atoms with Gasteiger partial charge in [0.05, 0.1) is 38.0 Å². The lowest BCUT2D eigenvalue weighted by molar-refractivity contribution is -0.119. The predicted molar refractivity (Wildman–Crippen MR) is 153 cm³/mol. The number of rotatable bonds is 11. The van der Waals surface area contributed by atoms with E-state index in [4.69, 9.17) is 14.2 Å². The molecular weight excluding hydrogens is 570 g/mol. The monoisotopic (exact) mass is 603 g/mol. The molecule has 0 bridgehead atoms. The summed E-state index contributed by atoms with van der Waals surface area (Å²) in [6.45, 7) is 2.62. The van der Waals surface area contributed by atoms with Crippen molar-refractivity contribution in [1.82, 2.24) is 9.62 Å². The third-order valence-corrected chi connectivity index (χ3v) is 10.3. The highest BCUT2D eigenvalue weighted by molar-refractivity contribution is 7.93. The van der Waals surface area contributed by atoms with Crippen LogP contribution in [0.1, 0.15) is 11.1 Å². The van der Waals surface area contributed by atoms with Gasteiger partial charge in [-0.05, 0) is 66.6 Å². The fourth-order valence-corrected chi connectivity index (χ4v) is 7.34. The summed E-state index contributed by atoms with van der Waals surface area (Å²) in [6.07, 6.45) is 0. The molecule has 13 heteroatoms. The average Bonchev–Trinajstić information content (AvgIpc) is 2.99. The van der Waals surface area contributed by atoms with Crippen LogP contribution in [0.25, 0.3) is 0 Å². The Bertz CT molecular complexity index is 1570. The molecule has 1 heterocycles. The summed E-state index contributed by atoms with van der Waals surface area (Å²) < 4.78 is 71.6. The molecule has 0 unspecified atom stereocenters. The molecule has 3 aromatic rings. The number of methoxy groups -OCH3 is 2. The van der Waals surface area contributed by atoms with Gasteiger partial charge in [-0.25, -0.2) is 16.8 Å². The Morgan fingerprint density at radius 3 is 2.20 bits per heavy atom. The van der Waals surface area contributed by atoms with Crippen molar-refractivity contribution in [2.24, 2.45) is 0 Å². The number of hydrogen-bond donors (Lipinski definition) is 1. The fraction of sp³-hybridized carbons (Fsp3) is 0.321. The van der Waals surface area contributed by atoms with E-state index >= 15 is 0 Å². The number of sulfonamides is 2. The molecule has 220 valence electrons. The van der Waals surface area contributed by atoms with E-state index in [1.807, 2.05) is 0 Å². The second kappa shape index (κ2) is 12.9. The second-order valence-electron chi connectivity index (χ2n) is 9.30. The van der Waals surface area contributed by atoms with E-state index in [-0.39, 0.29) is 27.8 Å². The molecule has 11 nitrogen and oxygen atoms in total. The molecule has 1 aliphatic heterocycles. The van der Waals surface area contributed by atoms with Gasteiger partial charge >= 0.3 is 0 Å². The van der Waals surface area contributed by atoms with Crippen LogP contribution in [-0.2, 0) is 36.1 Å². The van der Waals surface area contributed by atoms with Crippen LogP contribution in [0.2, 0.25) is 0 Å². The lowest BCUT2D eigenvalue weighted by atomic mass is 10.2. The number of carbonyl (C=O) groups is 1. The highest BCUT2D eigenvalue weighted by atomic mass is 32.2. The van der Waals surface area contributed by atoms with Gasteiger partial charge in [-0.2, -0.15) is 4.31 Å². The van der Waals surface area contributed by atoms with Crippen molar-refractivity contribution in [2.75, 3.05) is 51.4 Å². The molecular formula is C28H33N3O8S2. The van der Waals surface area contributed by atoms with Gasteiger partial charge in [-0.3, -0.25) is 9.10 Å². The summed E-state index contributed by atoms with van der Waals surface area (Å²) in [5, 5.41) is 2.73. The summed E-state index contributed by atoms with van der Waals surface area (Å²) in [4.78, 5) is 13.2. The summed E-state index contributed by atoms with van der Waals surface area (Å²) >= 11 is 0. The van der Waals surface area contributed by atoms with Gasteiger partial charge in [-0.1, -0.05) is 18.2 Å². The van der Waals surface area contributed by atoms with Crippen LogP contribution in [0.5, 0.6) is 11.5 Å². The van der Waals surface area contributed by atoms with E-state index in [1.54, 1.807) is 55.5 Å². The number of nitrogens with zero attached hydrogens (tertiary/aromatic N) is 2. The van der Waals surface area contributed by atoms with Crippen LogP contribution in [0.15, 0.2) is 76.5 Å². The SMILES string of the molecule is COc1ccc(N(CC(=O)NCc2ccc(S(=O)(=O)N3CCOCC3)cc2)S(=O)(=O)c2cc(C)ccc2OC)cc1. The lowest BCUT2D eigenvalue weighted by Gasteiger charge is -2.26. The first kappa shape index (κ1) is 30.3. The van der Waals surface area contributed by atoms with Crippen molar-refractivity contribution >= 4 is 31.6 Å². The zero-order valence-corrected chi connectivity index (χ0v) is 24.7. The Kier molecular flexibility index (Phi) is 9.53. The number of aryl methyl sites for hydroxylation is 1. The zero-order valence-electron chi connectivity index (χ0n) is 23.1. The highest BCUT2D eigenvalue weighted by Gasteiger charge is 2.30. The van der Waals surface area contributed by atoms with Crippen LogP contribution < -0.4 is 19.1 Å². The van der Waals surface area contributed by atoms with E-state index in [2.05, 4.69) is 5.32 Å². The normalized spacial score (nSPS) is 14.3. The number of hydrogen-bond acceptors (Lipinski definition) is 8. The van der Waals surface area contributed by atoms with E-state index in [0.29, 0.717) is 43.2 Å². The first-order valence-electron chi connectivity index (χ1n) is 12.8. The molecule has 1 aliphatic rings. The van der Waals surface area contributed by atoms with E-state index in [0.717, 1.165) is 4.31 Å². The van der Waals surface area contributed by atoms with Crippen molar-refractivity contribution in [1.29, 1.82) is 0 Å². The van der Waals surface area contributed by atoms with Gasteiger partial charge in [0, 0.05) is 19.6 Å². The molecule has 1 amide bonds.